The van der Waals surface area contributed by atoms with Gasteiger partial charge in [-0.1, -0.05) is 34.4 Å². The molecule has 2 aromatic rings. The quantitative estimate of drug-likeness (QED) is 0.680. The number of aromatic nitrogens is 1. The van der Waals surface area contributed by atoms with Crippen molar-refractivity contribution >= 4 is 28.9 Å². The molecular formula is C13H12Cl2N2O3. The predicted octanol–water partition coefficient (Wildman–Crippen LogP) is 3.26. The van der Waals surface area contributed by atoms with Gasteiger partial charge in [0.1, 0.15) is 12.9 Å². The second-order valence-corrected chi connectivity index (χ2v) is 4.84. The Bertz CT molecular complexity index is 676. The third-order valence-corrected chi connectivity index (χ3v) is 3.38. The van der Waals surface area contributed by atoms with Crippen molar-refractivity contribution in [2.75, 3.05) is 7.11 Å². The second kappa shape index (κ2) is 6.63. The van der Waals surface area contributed by atoms with Gasteiger partial charge >= 0.3 is 0 Å². The molecule has 5 nitrogen and oxygen atoms in total. The molecule has 106 valence electrons. The molecule has 0 saturated heterocycles. The summed E-state index contributed by atoms with van der Waals surface area (Å²) in [7, 11) is 1.47. The van der Waals surface area contributed by atoms with E-state index in [0.717, 1.165) is 5.56 Å². The van der Waals surface area contributed by atoms with E-state index < -0.39 is 0 Å². The molecule has 20 heavy (non-hydrogen) atoms. The smallest absolute Gasteiger partial charge is 0.280 e. The molecule has 0 aliphatic carbocycles. The van der Waals surface area contributed by atoms with E-state index in [1.165, 1.54) is 13.2 Å². The fraction of sp³-hybridized carbons (Fsp3) is 0.231. The van der Waals surface area contributed by atoms with Crippen LogP contribution in [0.25, 0.3) is 0 Å². The van der Waals surface area contributed by atoms with Crippen LogP contribution in [0.5, 0.6) is 0 Å². The van der Waals surface area contributed by atoms with Gasteiger partial charge in [0.15, 0.2) is 0 Å². The zero-order valence-electron chi connectivity index (χ0n) is 10.7. The van der Waals surface area contributed by atoms with Crippen LogP contribution in [-0.2, 0) is 11.3 Å². The first-order valence-corrected chi connectivity index (χ1v) is 6.58. The topological polar surface area (TPSA) is 67.6 Å². The molecule has 0 aliphatic heterocycles. The van der Waals surface area contributed by atoms with Crippen molar-refractivity contribution in [3.63, 3.8) is 0 Å². The van der Waals surface area contributed by atoms with Crippen LogP contribution < -0.4 is 5.56 Å². The summed E-state index contributed by atoms with van der Waals surface area (Å²) in [6, 6.07) is 6.62. The van der Waals surface area contributed by atoms with Crippen molar-refractivity contribution in [3.05, 3.63) is 56.0 Å². The summed E-state index contributed by atoms with van der Waals surface area (Å²) in [5.41, 5.74) is 1.23. The Balaban J connectivity index is 2.16. The van der Waals surface area contributed by atoms with Crippen LogP contribution in [0.4, 0.5) is 0 Å². The molecule has 0 amide bonds. The van der Waals surface area contributed by atoms with Crippen molar-refractivity contribution < 1.29 is 9.36 Å². The number of hydrogen-bond donors (Lipinski definition) is 1. The maximum Gasteiger partial charge on any atom is 0.280 e. The van der Waals surface area contributed by atoms with Gasteiger partial charge in [0, 0.05) is 24.5 Å². The van der Waals surface area contributed by atoms with E-state index in [-0.39, 0.29) is 5.56 Å². The molecule has 0 saturated carbocycles. The fourth-order valence-electron chi connectivity index (χ4n) is 1.71. The Labute approximate surface area is 125 Å². The van der Waals surface area contributed by atoms with Crippen LogP contribution in [0.3, 0.4) is 0 Å². The van der Waals surface area contributed by atoms with Gasteiger partial charge in [-0.15, -0.1) is 0 Å². The molecule has 0 aliphatic rings. The monoisotopic (exact) mass is 314 g/mol. The Hall–Kier alpha value is -1.72. The van der Waals surface area contributed by atoms with E-state index in [9.17, 15) is 4.79 Å². The number of halogens is 2. The Morgan fingerprint density at radius 2 is 2.15 bits per heavy atom. The number of benzene rings is 1. The molecule has 1 heterocycles. The normalized spacial score (nSPS) is 11.7. The van der Waals surface area contributed by atoms with Crippen molar-refractivity contribution in [2.45, 2.75) is 12.8 Å². The summed E-state index contributed by atoms with van der Waals surface area (Å²) in [6.07, 6.45) is 1.05. The van der Waals surface area contributed by atoms with E-state index in [1.807, 2.05) is 0 Å². The summed E-state index contributed by atoms with van der Waals surface area (Å²) >= 11 is 11.9. The molecule has 0 spiro atoms. The van der Waals surface area contributed by atoms with E-state index in [2.05, 4.69) is 10.3 Å². The van der Waals surface area contributed by atoms with Crippen LogP contribution in [-0.4, -0.2) is 18.0 Å². The number of nitrogens with zero attached hydrogens (tertiary/aromatic N) is 1. The first-order chi connectivity index (χ1) is 9.60. The number of H-pyrrole nitrogens is 1. The first kappa shape index (κ1) is 14.7. The molecule has 7 heteroatoms. The highest BCUT2D eigenvalue weighted by Gasteiger charge is 2.10. The lowest BCUT2D eigenvalue weighted by Gasteiger charge is -2.06. The number of rotatable bonds is 5. The molecular weight excluding hydrogens is 303 g/mol. The minimum absolute atomic E-state index is 0.264. The highest BCUT2D eigenvalue weighted by Crippen LogP contribution is 2.23. The molecule has 1 aromatic heterocycles. The van der Waals surface area contributed by atoms with Gasteiger partial charge in [0.05, 0.1) is 15.8 Å². The van der Waals surface area contributed by atoms with Crippen molar-refractivity contribution in [3.8, 4) is 0 Å². The van der Waals surface area contributed by atoms with Gasteiger partial charge in [0.2, 0.25) is 0 Å². The summed E-state index contributed by atoms with van der Waals surface area (Å²) < 4.78 is 4.99. The molecule has 0 unspecified atom stereocenters. The highest BCUT2D eigenvalue weighted by molar-refractivity contribution is 6.42. The minimum atomic E-state index is -0.264. The second-order valence-electron chi connectivity index (χ2n) is 4.03. The van der Waals surface area contributed by atoms with Crippen LogP contribution >= 0.6 is 23.2 Å². The Morgan fingerprint density at radius 1 is 1.35 bits per heavy atom. The first-order valence-electron chi connectivity index (χ1n) is 5.83. The zero-order valence-corrected chi connectivity index (χ0v) is 12.2. The Morgan fingerprint density at radius 3 is 2.75 bits per heavy atom. The third kappa shape index (κ3) is 3.65. The average molecular weight is 315 g/mol. The summed E-state index contributed by atoms with van der Waals surface area (Å²) in [5, 5.41) is 7.13. The number of aryl methyl sites for hydroxylation is 1. The summed E-state index contributed by atoms with van der Waals surface area (Å²) in [5.74, 6) is 0.555. The number of nitrogens with one attached hydrogen (secondary N) is 1. The SMILES string of the molecule is CON=C(CCc1cc(=O)[nH]o1)c1ccc(Cl)c(Cl)c1. The molecule has 1 aromatic carbocycles. The van der Waals surface area contributed by atoms with Gasteiger partial charge < -0.3 is 9.36 Å². The van der Waals surface area contributed by atoms with Crippen molar-refractivity contribution in [1.29, 1.82) is 0 Å². The number of hydrogen-bond acceptors (Lipinski definition) is 4. The van der Waals surface area contributed by atoms with Crippen LogP contribution in [0.2, 0.25) is 10.0 Å². The highest BCUT2D eigenvalue weighted by atomic mass is 35.5. The van der Waals surface area contributed by atoms with Gasteiger partial charge in [-0.2, -0.15) is 5.16 Å². The lowest BCUT2D eigenvalue weighted by molar-refractivity contribution is 0.212. The zero-order chi connectivity index (χ0) is 14.5. The fourth-order valence-corrected chi connectivity index (χ4v) is 2.01. The van der Waals surface area contributed by atoms with E-state index >= 15 is 0 Å². The van der Waals surface area contributed by atoms with Gasteiger partial charge in [0.25, 0.3) is 5.56 Å². The van der Waals surface area contributed by atoms with Crippen LogP contribution in [0.1, 0.15) is 17.7 Å². The van der Waals surface area contributed by atoms with E-state index in [4.69, 9.17) is 32.6 Å². The number of aromatic amines is 1. The van der Waals surface area contributed by atoms with Gasteiger partial charge in [-0.25, -0.2) is 0 Å². The summed E-state index contributed by atoms with van der Waals surface area (Å²) in [6.45, 7) is 0. The lowest BCUT2D eigenvalue weighted by atomic mass is 10.1. The van der Waals surface area contributed by atoms with Crippen LogP contribution in [0, 0.1) is 0 Å². The maximum atomic E-state index is 11.0. The maximum absolute atomic E-state index is 11.0. The molecule has 0 fully saturated rings. The predicted molar refractivity (Wildman–Crippen MR) is 77.7 cm³/mol. The largest absolute Gasteiger partial charge is 0.399 e. The Kier molecular flexibility index (Phi) is 4.87. The standard InChI is InChI=1S/C13H12Cl2N2O3/c1-19-16-12(5-3-9-7-13(18)17-20-9)8-2-4-10(14)11(15)6-8/h2,4,6-7H,3,5H2,1H3,(H,17,18). The summed E-state index contributed by atoms with van der Waals surface area (Å²) in [4.78, 5) is 15.8. The van der Waals surface area contributed by atoms with E-state index in [0.29, 0.717) is 34.4 Å². The molecule has 2 rings (SSSR count). The number of oxime groups is 1. The molecule has 0 atom stereocenters. The average Bonchev–Trinajstić information content (AvgIpc) is 2.84. The van der Waals surface area contributed by atoms with Crippen LogP contribution in [0.15, 0.2) is 38.7 Å². The van der Waals surface area contributed by atoms with Crippen molar-refractivity contribution in [2.24, 2.45) is 5.16 Å². The third-order valence-electron chi connectivity index (χ3n) is 2.64. The lowest BCUT2D eigenvalue weighted by Crippen LogP contribution is -2.04. The van der Waals surface area contributed by atoms with E-state index in [1.54, 1.807) is 18.2 Å². The molecule has 1 N–H and O–H groups in total. The van der Waals surface area contributed by atoms with Gasteiger partial charge in [-0.3, -0.25) is 4.79 Å². The minimum Gasteiger partial charge on any atom is -0.399 e. The van der Waals surface area contributed by atoms with Crippen molar-refractivity contribution in [1.82, 2.24) is 5.16 Å². The molecule has 0 radical (unpaired) electrons. The molecule has 0 bridgehead atoms. The van der Waals surface area contributed by atoms with Gasteiger partial charge in [-0.05, 0) is 12.1 Å².